The number of carbonyl (C=O) groups excluding carboxylic acids is 1. The molecule has 0 bridgehead atoms. The van der Waals surface area contributed by atoms with Crippen LogP contribution in [-0.2, 0) is 17.0 Å². The van der Waals surface area contributed by atoms with Crippen LogP contribution in [-0.4, -0.2) is 10.9 Å². The zero-order valence-corrected chi connectivity index (χ0v) is 15.9. The second kappa shape index (κ2) is 8.32. The topological polar surface area (TPSA) is 42.0 Å². The van der Waals surface area contributed by atoms with Gasteiger partial charge in [0, 0.05) is 21.7 Å². The number of thioether (sulfide) groups is 1. The molecule has 1 heterocycles. The molecule has 3 aromatic rings. The molecule has 2 aromatic carbocycles. The van der Waals surface area contributed by atoms with Crippen molar-refractivity contribution in [2.75, 3.05) is 5.32 Å². The number of thiazole rings is 1. The molecule has 3 rings (SSSR count). The van der Waals surface area contributed by atoms with Crippen molar-refractivity contribution in [2.45, 2.75) is 30.9 Å². The summed E-state index contributed by atoms with van der Waals surface area (Å²) in [4.78, 5) is 18.0. The third-order valence-corrected chi connectivity index (χ3v) is 5.68. The molecule has 0 spiro atoms. The summed E-state index contributed by atoms with van der Waals surface area (Å²) in [6, 6.07) is 16.3. The summed E-state index contributed by atoms with van der Waals surface area (Å²) in [5.74, 6) is 0.792. The van der Waals surface area contributed by atoms with Crippen LogP contribution in [0.2, 0.25) is 0 Å². The molecular weight excluding hydrogens is 348 g/mol. The van der Waals surface area contributed by atoms with E-state index in [0.29, 0.717) is 6.42 Å². The normalized spacial score (nSPS) is 10.6. The van der Waals surface area contributed by atoms with Gasteiger partial charge in [0.15, 0.2) is 0 Å². The average Bonchev–Trinajstić information content (AvgIpc) is 3.04. The Hall–Kier alpha value is -2.11. The van der Waals surface area contributed by atoms with Crippen LogP contribution in [0.15, 0.2) is 58.8 Å². The standard InChI is InChI=1S/C20H20N2OS2/c1-14-7-9-17(10-8-14)24-12-16-13-25-20(21-16)11-19(23)22-18-6-4-3-5-15(18)2/h3-10,13H,11-12H2,1-2H3,(H,22,23). The maximum atomic E-state index is 12.2. The van der Waals surface area contributed by atoms with Gasteiger partial charge in [0.25, 0.3) is 0 Å². The van der Waals surface area contributed by atoms with Crippen molar-refractivity contribution in [1.29, 1.82) is 0 Å². The number of aryl methyl sites for hydroxylation is 2. The summed E-state index contributed by atoms with van der Waals surface area (Å²) < 4.78 is 0. The Morgan fingerprint density at radius 2 is 1.88 bits per heavy atom. The van der Waals surface area contributed by atoms with Crippen molar-refractivity contribution in [3.05, 3.63) is 75.7 Å². The minimum atomic E-state index is -0.0265. The van der Waals surface area contributed by atoms with Crippen molar-refractivity contribution in [1.82, 2.24) is 4.98 Å². The van der Waals surface area contributed by atoms with Gasteiger partial charge in [0.2, 0.25) is 5.91 Å². The molecule has 0 saturated carbocycles. The lowest BCUT2D eigenvalue weighted by Gasteiger charge is -2.06. The first-order valence-corrected chi connectivity index (χ1v) is 9.95. The third kappa shape index (κ3) is 5.18. The van der Waals surface area contributed by atoms with Gasteiger partial charge in [-0.05, 0) is 37.6 Å². The SMILES string of the molecule is Cc1ccc(SCc2csc(CC(=O)Nc3ccccc3C)n2)cc1. The van der Waals surface area contributed by atoms with Crippen molar-refractivity contribution in [3.8, 4) is 0 Å². The van der Waals surface area contributed by atoms with E-state index in [-0.39, 0.29) is 5.91 Å². The Bertz CT molecular complexity index is 856. The summed E-state index contributed by atoms with van der Waals surface area (Å²) in [5, 5.41) is 5.85. The van der Waals surface area contributed by atoms with E-state index in [1.807, 2.05) is 36.6 Å². The lowest BCUT2D eigenvalue weighted by atomic mass is 10.2. The molecule has 1 amide bonds. The van der Waals surface area contributed by atoms with Gasteiger partial charge in [-0.3, -0.25) is 4.79 Å². The molecule has 0 atom stereocenters. The predicted molar refractivity (Wildman–Crippen MR) is 106 cm³/mol. The number of hydrogen-bond acceptors (Lipinski definition) is 4. The number of anilines is 1. The molecule has 1 N–H and O–H groups in total. The Kier molecular flexibility index (Phi) is 5.89. The van der Waals surface area contributed by atoms with E-state index in [2.05, 4.69) is 41.5 Å². The first-order chi connectivity index (χ1) is 12.1. The first kappa shape index (κ1) is 17.7. The number of hydrogen-bond donors (Lipinski definition) is 1. The molecule has 0 aliphatic heterocycles. The Morgan fingerprint density at radius 1 is 1.12 bits per heavy atom. The fourth-order valence-electron chi connectivity index (χ4n) is 2.33. The van der Waals surface area contributed by atoms with E-state index in [1.54, 1.807) is 23.1 Å². The number of nitrogens with zero attached hydrogens (tertiary/aromatic N) is 1. The zero-order chi connectivity index (χ0) is 17.6. The van der Waals surface area contributed by atoms with E-state index in [0.717, 1.165) is 27.7 Å². The van der Waals surface area contributed by atoms with Crippen LogP contribution < -0.4 is 5.32 Å². The number of para-hydroxylation sites is 1. The van der Waals surface area contributed by atoms with E-state index < -0.39 is 0 Å². The first-order valence-electron chi connectivity index (χ1n) is 8.08. The summed E-state index contributed by atoms with van der Waals surface area (Å²) in [5.41, 5.74) is 4.21. The number of amides is 1. The predicted octanol–water partition coefficient (Wildman–Crippen LogP) is 5.23. The highest BCUT2D eigenvalue weighted by Crippen LogP contribution is 2.24. The third-order valence-electron chi connectivity index (χ3n) is 3.74. The van der Waals surface area contributed by atoms with Crippen molar-refractivity contribution < 1.29 is 4.79 Å². The Balaban J connectivity index is 1.53. The summed E-state index contributed by atoms with van der Waals surface area (Å²) in [6.45, 7) is 4.07. The minimum absolute atomic E-state index is 0.0265. The molecule has 0 aliphatic rings. The highest BCUT2D eigenvalue weighted by Gasteiger charge is 2.09. The van der Waals surface area contributed by atoms with Crippen LogP contribution in [0, 0.1) is 13.8 Å². The summed E-state index contributed by atoms with van der Waals surface area (Å²) in [6.07, 6.45) is 0.314. The molecule has 0 aliphatic carbocycles. The van der Waals surface area contributed by atoms with Gasteiger partial charge in [0.05, 0.1) is 12.1 Å². The monoisotopic (exact) mass is 368 g/mol. The highest BCUT2D eigenvalue weighted by atomic mass is 32.2. The van der Waals surface area contributed by atoms with Gasteiger partial charge in [-0.1, -0.05) is 35.9 Å². The fraction of sp³-hybridized carbons (Fsp3) is 0.200. The molecule has 128 valence electrons. The highest BCUT2D eigenvalue weighted by molar-refractivity contribution is 7.98. The Labute approximate surface area is 156 Å². The molecule has 0 radical (unpaired) electrons. The van der Waals surface area contributed by atoms with Crippen LogP contribution in [0.1, 0.15) is 21.8 Å². The van der Waals surface area contributed by atoms with Gasteiger partial charge < -0.3 is 5.32 Å². The molecule has 0 fully saturated rings. The minimum Gasteiger partial charge on any atom is -0.325 e. The van der Waals surface area contributed by atoms with Crippen LogP contribution >= 0.6 is 23.1 Å². The van der Waals surface area contributed by atoms with Gasteiger partial charge in [-0.2, -0.15) is 0 Å². The van der Waals surface area contributed by atoms with E-state index in [1.165, 1.54) is 10.5 Å². The molecule has 5 heteroatoms. The van der Waals surface area contributed by atoms with Crippen molar-refractivity contribution >= 4 is 34.7 Å². The molecular formula is C20H20N2OS2. The number of carbonyl (C=O) groups is 1. The van der Waals surface area contributed by atoms with Gasteiger partial charge in [0.1, 0.15) is 5.01 Å². The van der Waals surface area contributed by atoms with Crippen molar-refractivity contribution in [3.63, 3.8) is 0 Å². The maximum Gasteiger partial charge on any atom is 0.231 e. The van der Waals surface area contributed by atoms with E-state index >= 15 is 0 Å². The number of aromatic nitrogens is 1. The average molecular weight is 369 g/mol. The lowest BCUT2D eigenvalue weighted by molar-refractivity contribution is -0.115. The Morgan fingerprint density at radius 3 is 2.64 bits per heavy atom. The molecule has 1 aromatic heterocycles. The fourth-order valence-corrected chi connectivity index (χ4v) is 4.02. The summed E-state index contributed by atoms with van der Waals surface area (Å²) >= 11 is 3.31. The molecule has 0 unspecified atom stereocenters. The van der Waals surface area contributed by atoms with Crippen LogP contribution in [0.5, 0.6) is 0 Å². The van der Waals surface area contributed by atoms with Crippen LogP contribution in [0.4, 0.5) is 5.69 Å². The van der Waals surface area contributed by atoms with Crippen LogP contribution in [0.25, 0.3) is 0 Å². The largest absolute Gasteiger partial charge is 0.325 e. The zero-order valence-electron chi connectivity index (χ0n) is 14.3. The van der Waals surface area contributed by atoms with Crippen LogP contribution in [0.3, 0.4) is 0 Å². The second-order valence-corrected chi connectivity index (χ2v) is 7.87. The lowest BCUT2D eigenvalue weighted by Crippen LogP contribution is -2.15. The van der Waals surface area contributed by atoms with Gasteiger partial charge >= 0.3 is 0 Å². The number of rotatable bonds is 6. The van der Waals surface area contributed by atoms with Gasteiger partial charge in [-0.15, -0.1) is 23.1 Å². The number of benzene rings is 2. The second-order valence-electron chi connectivity index (χ2n) is 5.87. The van der Waals surface area contributed by atoms with E-state index in [4.69, 9.17) is 0 Å². The smallest absolute Gasteiger partial charge is 0.231 e. The number of nitrogens with one attached hydrogen (secondary N) is 1. The van der Waals surface area contributed by atoms with Gasteiger partial charge in [-0.25, -0.2) is 4.98 Å². The maximum absolute atomic E-state index is 12.2. The summed E-state index contributed by atoms with van der Waals surface area (Å²) in [7, 11) is 0. The quantitative estimate of drug-likeness (QED) is 0.606. The molecule has 0 saturated heterocycles. The van der Waals surface area contributed by atoms with Crippen molar-refractivity contribution in [2.24, 2.45) is 0 Å². The van der Waals surface area contributed by atoms with E-state index in [9.17, 15) is 4.79 Å². The molecule has 3 nitrogen and oxygen atoms in total. The molecule has 25 heavy (non-hydrogen) atoms.